The van der Waals surface area contributed by atoms with Crippen molar-refractivity contribution in [2.45, 2.75) is 6.42 Å². The third kappa shape index (κ3) is 4.73. The van der Waals surface area contributed by atoms with Crippen molar-refractivity contribution in [1.82, 2.24) is 9.80 Å². The lowest BCUT2D eigenvalue weighted by Gasteiger charge is -2.33. The van der Waals surface area contributed by atoms with Gasteiger partial charge in [-0.25, -0.2) is 0 Å². The van der Waals surface area contributed by atoms with E-state index in [1.165, 1.54) is 16.7 Å². The maximum Gasteiger partial charge on any atom is 0.238 e. The predicted molar refractivity (Wildman–Crippen MR) is 119 cm³/mol. The van der Waals surface area contributed by atoms with E-state index < -0.39 is 0 Å². The number of rotatable bonds is 7. The van der Waals surface area contributed by atoms with Crippen LogP contribution in [0.25, 0.3) is 5.57 Å². The number of benzene rings is 2. The van der Waals surface area contributed by atoms with Crippen molar-refractivity contribution in [3.05, 3.63) is 65.2 Å². The van der Waals surface area contributed by atoms with Gasteiger partial charge in [0, 0.05) is 38.4 Å². The number of fused-ring (bicyclic) bond motifs is 1. The number of aliphatic hydroxyl groups excluding tert-OH is 1. The van der Waals surface area contributed by atoms with Gasteiger partial charge in [-0.3, -0.25) is 14.6 Å². The van der Waals surface area contributed by atoms with Crippen molar-refractivity contribution in [3.63, 3.8) is 0 Å². The highest BCUT2D eigenvalue weighted by Gasteiger charge is 2.20. The van der Waals surface area contributed by atoms with E-state index >= 15 is 0 Å². The lowest BCUT2D eigenvalue weighted by atomic mass is 9.98. The SMILES string of the molecule is COc1ccc(C2=CCc3ccc(NC(=O)CN4CCN(CCO)CC4)cc32)cc1. The topological polar surface area (TPSA) is 65.0 Å². The molecule has 0 bridgehead atoms. The number of hydrogen-bond acceptors (Lipinski definition) is 5. The van der Waals surface area contributed by atoms with Gasteiger partial charge in [-0.2, -0.15) is 0 Å². The second-order valence-electron chi connectivity index (χ2n) is 7.81. The minimum atomic E-state index is 0.0125. The van der Waals surface area contributed by atoms with E-state index in [1.54, 1.807) is 7.11 Å². The standard InChI is InChI=1S/C24H29N3O3/c1-30-21-7-3-18(4-8-21)22-9-5-19-2-6-20(16-23(19)22)25-24(29)17-27-12-10-26(11-13-27)14-15-28/h2-4,6-9,16,28H,5,10-15,17H2,1H3,(H,25,29). The number of allylic oxidation sites excluding steroid dienone is 1. The van der Waals surface area contributed by atoms with Gasteiger partial charge in [0.25, 0.3) is 0 Å². The largest absolute Gasteiger partial charge is 0.497 e. The number of carbonyl (C=O) groups is 1. The molecule has 6 nitrogen and oxygen atoms in total. The van der Waals surface area contributed by atoms with Crippen LogP contribution in [0.15, 0.2) is 48.5 Å². The van der Waals surface area contributed by atoms with Crippen molar-refractivity contribution in [2.24, 2.45) is 0 Å². The van der Waals surface area contributed by atoms with Crippen LogP contribution in [-0.4, -0.2) is 73.8 Å². The van der Waals surface area contributed by atoms with Crippen LogP contribution in [0.3, 0.4) is 0 Å². The van der Waals surface area contributed by atoms with Crippen molar-refractivity contribution in [1.29, 1.82) is 0 Å². The molecule has 1 heterocycles. The first-order valence-electron chi connectivity index (χ1n) is 10.5. The van der Waals surface area contributed by atoms with Gasteiger partial charge in [-0.15, -0.1) is 0 Å². The number of methoxy groups -OCH3 is 1. The molecule has 6 heteroatoms. The number of β-amino-alcohol motifs (C(OH)–C–C–N with tert-alkyl or cyclic N) is 1. The average molecular weight is 408 g/mol. The van der Waals surface area contributed by atoms with Crippen LogP contribution >= 0.6 is 0 Å². The Morgan fingerprint density at radius 3 is 2.50 bits per heavy atom. The van der Waals surface area contributed by atoms with Crippen molar-refractivity contribution >= 4 is 17.2 Å². The van der Waals surface area contributed by atoms with E-state index in [0.717, 1.165) is 49.6 Å². The summed E-state index contributed by atoms with van der Waals surface area (Å²) in [5, 5.41) is 12.1. The zero-order valence-electron chi connectivity index (χ0n) is 17.4. The highest BCUT2D eigenvalue weighted by Crippen LogP contribution is 2.35. The van der Waals surface area contributed by atoms with E-state index in [0.29, 0.717) is 13.1 Å². The van der Waals surface area contributed by atoms with Crippen LogP contribution in [0, 0.1) is 0 Å². The lowest BCUT2D eigenvalue weighted by molar-refractivity contribution is -0.117. The van der Waals surface area contributed by atoms with Crippen molar-refractivity contribution in [2.75, 3.05) is 58.3 Å². The number of nitrogens with zero attached hydrogens (tertiary/aromatic N) is 2. The minimum Gasteiger partial charge on any atom is -0.497 e. The van der Waals surface area contributed by atoms with Crippen LogP contribution in [0.5, 0.6) is 5.75 Å². The molecule has 0 unspecified atom stereocenters. The summed E-state index contributed by atoms with van der Waals surface area (Å²) in [6.45, 7) is 4.77. The maximum absolute atomic E-state index is 12.6. The molecule has 1 aliphatic heterocycles. The van der Waals surface area contributed by atoms with E-state index in [4.69, 9.17) is 9.84 Å². The number of amides is 1. The normalized spacial score (nSPS) is 16.8. The lowest BCUT2D eigenvalue weighted by Crippen LogP contribution is -2.49. The van der Waals surface area contributed by atoms with Crippen molar-refractivity contribution in [3.8, 4) is 5.75 Å². The maximum atomic E-state index is 12.6. The Kier molecular flexibility index (Phi) is 6.47. The number of nitrogens with one attached hydrogen (secondary N) is 1. The van der Waals surface area contributed by atoms with Gasteiger partial charge in [-0.05, 0) is 52.9 Å². The molecule has 4 rings (SSSR count). The number of ether oxygens (including phenoxy) is 1. The quantitative estimate of drug-likeness (QED) is 0.737. The van der Waals surface area contributed by atoms with Crippen LogP contribution < -0.4 is 10.1 Å². The molecule has 0 saturated carbocycles. The molecule has 2 aliphatic rings. The molecule has 2 aromatic carbocycles. The van der Waals surface area contributed by atoms with Crippen LogP contribution in [0.1, 0.15) is 16.7 Å². The Labute approximate surface area is 177 Å². The average Bonchev–Trinajstić information content (AvgIpc) is 3.18. The Hall–Kier alpha value is -2.67. The van der Waals surface area contributed by atoms with E-state index in [2.05, 4.69) is 45.5 Å². The second-order valence-corrected chi connectivity index (χ2v) is 7.81. The number of piperazine rings is 1. The van der Waals surface area contributed by atoms with Crippen LogP contribution in [0.4, 0.5) is 5.69 Å². The van der Waals surface area contributed by atoms with Crippen molar-refractivity contribution < 1.29 is 14.6 Å². The summed E-state index contributed by atoms with van der Waals surface area (Å²) in [4.78, 5) is 17.0. The highest BCUT2D eigenvalue weighted by molar-refractivity contribution is 5.94. The van der Waals surface area contributed by atoms with Gasteiger partial charge in [0.15, 0.2) is 0 Å². The number of carbonyl (C=O) groups excluding carboxylic acids is 1. The first-order valence-corrected chi connectivity index (χ1v) is 10.5. The zero-order chi connectivity index (χ0) is 20.9. The third-order valence-electron chi connectivity index (χ3n) is 5.86. The fraction of sp³-hybridized carbons (Fsp3) is 0.375. The van der Waals surface area contributed by atoms with E-state index in [-0.39, 0.29) is 12.5 Å². The molecule has 2 N–H and O–H groups in total. The summed E-state index contributed by atoms with van der Waals surface area (Å²) in [6, 6.07) is 14.3. The summed E-state index contributed by atoms with van der Waals surface area (Å²) < 4.78 is 5.26. The summed E-state index contributed by atoms with van der Waals surface area (Å²) in [5.41, 5.74) is 5.64. The highest BCUT2D eigenvalue weighted by atomic mass is 16.5. The summed E-state index contributed by atoms with van der Waals surface area (Å²) in [5.74, 6) is 0.856. The molecule has 0 atom stereocenters. The fourth-order valence-electron chi connectivity index (χ4n) is 4.16. The molecular weight excluding hydrogens is 378 g/mol. The number of aliphatic hydroxyl groups is 1. The molecule has 1 fully saturated rings. The smallest absolute Gasteiger partial charge is 0.238 e. The monoisotopic (exact) mass is 407 g/mol. The van der Waals surface area contributed by atoms with Crippen LogP contribution in [-0.2, 0) is 11.2 Å². The van der Waals surface area contributed by atoms with E-state index in [1.807, 2.05) is 18.2 Å². The molecule has 1 aliphatic carbocycles. The molecule has 1 saturated heterocycles. The molecule has 30 heavy (non-hydrogen) atoms. The third-order valence-corrected chi connectivity index (χ3v) is 5.86. The minimum absolute atomic E-state index is 0.0125. The first kappa shape index (κ1) is 20.6. The first-order chi connectivity index (χ1) is 14.7. The van der Waals surface area contributed by atoms with Gasteiger partial charge in [0.1, 0.15) is 5.75 Å². The Balaban J connectivity index is 1.38. The molecule has 0 radical (unpaired) electrons. The summed E-state index contributed by atoms with van der Waals surface area (Å²) in [6.07, 6.45) is 3.15. The molecule has 158 valence electrons. The molecular formula is C24H29N3O3. The van der Waals surface area contributed by atoms with Crippen LogP contribution in [0.2, 0.25) is 0 Å². The summed E-state index contributed by atoms with van der Waals surface area (Å²) >= 11 is 0. The number of anilines is 1. The zero-order valence-corrected chi connectivity index (χ0v) is 17.4. The van der Waals surface area contributed by atoms with E-state index in [9.17, 15) is 4.79 Å². The van der Waals surface area contributed by atoms with Gasteiger partial charge in [-0.1, -0.05) is 24.3 Å². The summed E-state index contributed by atoms with van der Waals surface area (Å²) in [7, 11) is 1.67. The second kappa shape index (κ2) is 9.43. The Morgan fingerprint density at radius 1 is 1.07 bits per heavy atom. The van der Waals surface area contributed by atoms with Gasteiger partial charge < -0.3 is 15.2 Å². The van der Waals surface area contributed by atoms with Gasteiger partial charge >= 0.3 is 0 Å². The Morgan fingerprint density at radius 2 is 1.80 bits per heavy atom. The van der Waals surface area contributed by atoms with Gasteiger partial charge in [0.05, 0.1) is 20.3 Å². The Bertz CT molecular complexity index is 916. The molecule has 2 aromatic rings. The fourth-order valence-corrected chi connectivity index (χ4v) is 4.16. The molecule has 1 amide bonds. The predicted octanol–water partition coefficient (Wildman–Crippen LogP) is 2.23. The van der Waals surface area contributed by atoms with Gasteiger partial charge in [0.2, 0.25) is 5.91 Å². The molecule has 0 spiro atoms. The number of hydrogen-bond donors (Lipinski definition) is 2. The molecule has 0 aromatic heterocycles.